The molecule has 106 valence electrons. The molecule has 0 aliphatic rings. The number of amides is 1. The van der Waals surface area contributed by atoms with Gasteiger partial charge in [-0.05, 0) is 20.3 Å². The first-order valence-corrected chi connectivity index (χ1v) is 5.86. The number of carbonyl (C=O) groups is 3. The highest BCUT2D eigenvalue weighted by atomic mass is 16.5. The fourth-order valence-electron chi connectivity index (χ4n) is 0.870. The van der Waals surface area contributed by atoms with Gasteiger partial charge in [0.2, 0.25) is 6.41 Å². The SMILES string of the molecule is CC(C)(CCOC=O)NC=O.CCCCOC=O. The maximum atomic E-state index is 10.0. The summed E-state index contributed by atoms with van der Waals surface area (Å²) in [7, 11) is 0. The van der Waals surface area contributed by atoms with E-state index in [1.807, 2.05) is 20.8 Å². The van der Waals surface area contributed by atoms with Gasteiger partial charge in [0, 0.05) is 12.0 Å². The Morgan fingerprint density at radius 3 is 2.06 bits per heavy atom. The van der Waals surface area contributed by atoms with Crippen molar-refractivity contribution in [1.29, 1.82) is 0 Å². The molecule has 1 N–H and O–H groups in total. The highest BCUT2D eigenvalue weighted by Gasteiger charge is 2.15. The molecule has 0 atom stereocenters. The zero-order chi connectivity index (χ0) is 14.3. The molecular formula is C12H23NO5. The lowest BCUT2D eigenvalue weighted by Crippen LogP contribution is -2.39. The lowest BCUT2D eigenvalue weighted by atomic mass is 10.0. The Morgan fingerprint density at radius 2 is 1.61 bits per heavy atom. The molecule has 0 aliphatic heterocycles. The van der Waals surface area contributed by atoms with Crippen LogP contribution in [-0.4, -0.2) is 38.1 Å². The topological polar surface area (TPSA) is 81.7 Å². The predicted octanol–water partition coefficient (Wildman–Crippen LogP) is 1.03. The summed E-state index contributed by atoms with van der Waals surface area (Å²) in [5.74, 6) is 0. The van der Waals surface area contributed by atoms with Crippen molar-refractivity contribution in [2.75, 3.05) is 13.2 Å². The zero-order valence-electron chi connectivity index (χ0n) is 11.3. The molecule has 0 aromatic carbocycles. The summed E-state index contributed by atoms with van der Waals surface area (Å²) >= 11 is 0. The summed E-state index contributed by atoms with van der Waals surface area (Å²) in [6.07, 6.45) is 3.30. The first-order valence-electron chi connectivity index (χ1n) is 5.86. The predicted molar refractivity (Wildman–Crippen MR) is 66.8 cm³/mol. The standard InChI is InChI=1S/C7H13NO3.C5H10O2/c1-7(2,8-5-9)3-4-11-6-10;1-2-3-4-7-5-6/h5-6H,3-4H2,1-2H3,(H,8,9);5H,2-4H2,1H3. The number of carbonyl (C=O) groups excluding carboxylic acids is 3. The summed E-state index contributed by atoms with van der Waals surface area (Å²) in [4.78, 5) is 29.2. The van der Waals surface area contributed by atoms with Crippen molar-refractivity contribution < 1.29 is 23.9 Å². The molecule has 0 rings (SSSR count). The monoisotopic (exact) mass is 261 g/mol. The molecule has 6 heteroatoms. The van der Waals surface area contributed by atoms with Crippen molar-refractivity contribution in [1.82, 2.24) is 5.32 Å². The number of rotatable bonds is 10. The minimum absolute atomic E-state index is 0.301. The van der Waals surface area contributed by atoms with Crippen LogP contribution in [0.2, 0.25) is 0 Å². The van der Waals surface area contributed by atoms with Gasteiger partial charge in [-0.15, -0.1) is 0 Å². The Morgan fingerprint density at radius 1 is 1.06 bits per heavy atom. The number of hydrogen-bond acceptors (Lipinski definition) is 5. The number of unbranched alkanes of at least 4 members (excludes halogenated alkanes) is 1. The lowest BCUT2D eigenvalue weighted by molar-refractivity contribution is -0.129. The summed E-state index contributed by atoms with van der Waals surface area (Å²) in [5.41, 5.74) is -0.301. The molecule has 0 radical (unpaired) electrons. The minimum Gasteiger partial charge on any atom is -0.468 e. The van der Waals surface area contributed by atoms with Crippen LogP contribution >= 0.6 is 0 Å². The van der Waals surface area contributed by atoms with Gasteiger partial charge in [0.1, 0.15) is 0 Å². The molecule has 0 saturated heterocycles. The van der Waals surface area contributed by atoms with Gasteiger partial charge in [0.15, 0.2) is 0 Å². The Balaban J connectivity index is 0. The van der Waals surface area contributed by atoms with E-state index in [-0.39, 0.29) is 5.54 Å². The average Bonchev–Trinajstić information content (AvgIpc) is 2.31. The fraction of sp³-hybridized carbons (Fsp3) is 0.750. The summed E-state index contributed by atoms with van der Waals surface area (Å²) in [5, 5.41) is 2.60. The van der Waals surface area contributed by atoms with Crippen LogP contribution < -0.4 is 5.32 Å². The van der Waals surface area contributed by atoms with Crippen LogP contribution in [0, 0.1) is 0 Å². The minimum atomic E-state index is -0.301. The van der Waals surface area contributed by atoms with Crippen LogP contribution in [0.25, 0.3) is 0 Å². The van der Waals surface area contributed by atoms with Crippen LogP contribution in [0.3, 0.4) is 0 Å². The summed E-state index contributed by atoms with van der Waals surface area (Å²) < 4.78 is 8.87. The van der Waals surface area contributed by atoms with Gasteiger partial charge in [-0.2, -0.15) is 0 Å². The van der Waals surface area contributed by atoms with Gasteiger partial charge < -0.3 is 14.8 Å². The Labute approximate surface area is 108 Å². The molecular weight excluding hydrogens is 238 g/mol. The largest absolute Gasteiger partial charge is 0.468 e. The van der Waals surface area contributed by atoms with Crippen molar-refractivity contribution in [3.05, 3.63) is 0 Å². The Bertz CT molecular complexity index is 219. The summed E-state index contributed by atoms with van der Waals surface area (Å²) in [6.45, 7) is 7.54. The second-order valence-corrected chi connectivity index (χ2v) is 4.18. The molecule has 0 fully saturated rings. The van der Waals surface area contributed by atoms with Gasteiger partial charge in [-0.3, -0.25) is 14.4 Å². The van der Waals surface area contributed by atoms with E-state index < -0.39 is 0 Å². The van der Waals surface area contributed by atoms with E-state index in [0.29, 0.717) is 39.0 Å². The van der Waals surface area contributed by atoms with E-state index in [2.05, 4.69) is 14.8 Å². The third kappa shape index (κ3) is 16.8. The van der Waals surface area contributed by atoms with E-state index >= 15 is 0 Å². The number of nitrogens with one attached hydrogen (secondary N) is 1. The Hall–Kier alpha value is -1.59. The van der Waals surface area contributed by atoms with Crippen LogP contribution in [-0.2, 0) is 23.9 Å². The third-order valence-corrected chi connectivity index (χ3v) is 2.05. The summed E-state index contributed by atoms with van der Waals surface area (Å²) in [6, 6.07) is 0. The number of ether oxygens (including phenoxy) is 2. The van der Waals surface area contributed by atoms with Gasteiger partial charge in [-0.25, -0.2) is 0 Å². The van der Waals surface area contributed by atoms with E-state index in [9.17, 15) is 14.4 Å². The van der Waals surface area contributed by atoms with Crippen LogP contribution in [0.5, 0.6) is 0 Å². The van der Waals surface area contributed by atoms with Gasteiger partial charge in [-0.1, -0.05) is 13.3 Å². The highest BCUT2D eigenvalue weighted by Crippen LogP contribution is 2.06. The van der Waals surface area contributed by atoms with E-state index in [1.165, 1.54) is 0 Å². The normalized spacial score (nSPS) is 9.50. The third-order valence-electron chi connectivity index (χ3n) is 2.05. The van der Waals surface area contributed by atoms with Gasteiger partial charge in [0.05, 0.1) is 13.2 Å². The molecule has 0 saturated carbocycles. The van der Waals surface area contributed by atoms with Crippen molar-refractivity contribution >= 4 is 19.4 Å². The highest BCUT2D eigenvalue weighted by molar-refractivity contribution is 5.47. The lowest BCUT2D eigenvalue weighted by Gasteiger charge is -2.22. The molecule has 0 aliphatic carbocycles. The second-order valence-electron chi connectivity index (χ2n) is 4.18. The first kappa shape index (κ1) is 18.8. The van der Waals surface area contributed by atoms with Crippen molar-refractivity contribution in [3.63, 3.8) is 0 Å². The quantitative estimate of drug-likeness (QED) is 0.469. The van der Waals surface area contributed by atoms with E-state index in [0.717, 1.165) is 12.8 Å². The molecule has 0 spiro atoms. The van der Waals surface area contributed by atoms with E-state index in [1.54, 1.807) is 0 Å². The van der Waals surface area contributed by atoms with Crippen molar-refractivity contribution in [2.24, 2.45) is 0 Å². The molecule has 0 bridgehead atoms. The van der Waals surface area contributed by atoms with Crippen LogP contribution in [0.15, 0.2) is 0 Å². The maximum Gasteiger partial charge on any atom is 0.293 e. The maximum absolute atomic E-state index is 10.0. The van der Waals surface area contributed by atoms with Gasteiger partial charge >= 0.3 is 0 Å². The molecule has 18 heavy (non-hydrogen) atoms. The molecule has 0 heterocycles. The van der Waals surface area contributed by atoms with Crippen LogP contribution in [0.4, 0.5) is 0 Å². The fourth-order valence-corrected chi connectivity index (χ4v) is 0.870. The van der Waals surface area contributed by atoms with Crippen molar-refractivity contribution in [3.8, 4) is 0 Å². The van der Waals surface area contributed by atoms with Gasteiger partial charge in [0.25, 0.3) is 12.9 Å². The smallest absolute Gasteiger partial charge is 0.293 e. The van der Waals surface area contributed by atoms with Crippen molar-refractivity contribution in [2.45, 2.75) is 45.6 Å². The number of hydrogen-bond donors (Lipinski definition) is 1. The second kappa shape index (κ2) is 13.5. The molecule has 1 amide bonds. The van der Waals surface area contributed by atoms with E-state index in [4.69, 9.17) is 0 Å². The molecule has 0 unspecified atom stereocenters. The molecule has 0 aromatic rings. The molecule has 0 aromatic heterocycles. The average molecular weight is 261 g/mol. The van der Waals surface area contributed by atoms with Crippen LogP contribution in [0.1, 0.15) is 40.0 Å². The molecule has 6 nitrogen and oxygen atoms in total. The Kier molecular flexibility index (Phi) is 14.0. The first-order chi connectivity index (χ1) is 8.54. The zero-order valence-corrected chi connectivity index (χ0v) is 11.3.